The molecule has 0 unspecified atom stereocenters. The number of halogens is 1. The van der Waals surface area contributed by atoms with Gasteiger partial charge in [-0.15, -0.1) is 0 Å². The number of ketones is 1. The fourth-order valence-electron chi connectivity index (χ4n) is 2.27. The molecular weight excluding hydrogens is 229 g/mol. The Morgan fingerprint density at radius 2 is 2.00 bits per heavy atom. The summed E-state index contributed by atoms with van der Waals surface area (Å²) >= 11 is 0. The average molecular weight is 249 g/mol. The smallest absolute Gasteiger partial charge is 0.176 e. The van der Waals surface area contributed by atoms with E-state index in [1.807, 2.05) is 0 Å². The van der Waals surface area contributed by atoms with Crippen molar-refractivity contribution in [3.8, 4) is 0 Å². The van der Waals surface area contributed by atoms with Crippen LogP contribution in [0.2, 0.25) is 0 Å². The van der Waals surface area contributed by atoms with Crippen molar-refractivity contribution in [2.24, 2.45) is 5.41 Å². The van der Waals surface area contributed by atoms with Crippen LogP contribution in [0.5, 0.6) is 0 Å². The van der Waals surface area contributed by atoms with Crippen LogP contribution < -0.4 is 0 Å². The lowest BCUT2D eigenvalue weighted by molar-refractivity contribution is 0.0845. The van der Waals surface area contributed by atoms with Crippen molar-refractivity contribution in [2.45, 2.75) is 26.7 Å². The quantitative estimate of drug-likeness (QED) is 0.767. The zero-order valence-corrected chi connectivity index (χ0v) is 11.1. The molecule has 1 aliphatic rings. The summed E-state index contributed by atoms with van der Waals surface area (Å²) in [6.07, 6.45) is 2.23. The molecule has 1 aromatic rings. The van der Waals surface area contributed by atoms with Crippen molar-refractivity contribution in [3.05, 3.63) is 35.6 Å². The maximum atomic E-state index is 13.0. The average Bonchev–Trinajstić information content (AvgIpc) is 2.32. The van der Waals surface area contributed by atoms with Gasteiger partial charge in [0.05, 0.1) is 6.54 Å². The standard InChI is InChI=1S/C15H20FNO/c1-15(2)6-8-17(9-7-15)11-14(18)12-4-3-5-13(16)10-12/h3-5,10H,6-9,11H2,1-2H3. The monoisotopic (exact) mass is 249 g/mol. The van der Waals surface area contributed by atoms with E-state index in [0.717, 1.165) is 25.9 Å². The predicted molar refractivity (Wildman–Crippen MR) is 70.2 cm³/mol. The highest BCUT2D eigenvalue weighted by Gasteiger charge is 2.26. The normalized spacial score (nSPS) is 19.7. The molecule has 98 valence electrons. The molecule has 0 spiro atoms. The Balaban J connectivity index is 1.93. The molecule has 0 radical (unpaired) electrons. The Morgan fingerprint density at radius 1 is 1.33 bits per heavy atom. The van der Waals surface area contributed by atoms with E-state index in [2.05, 4.69) is 18.7 Å². The molecule has 0 aliphatic carbocycles. The minimum absolute atomic E-state index is 0.00852. The molecule has 0 atom stereocenters. The molecule has 0 saturated carbocycles. The summed E-state index contributed by atoms with van der Waals surface area (Å²) < 4.78 is 13.0. The third-order valence-corrected chi connectivity index (χ3v) is 3.72. The lowest BCUT2D eigenvalue weighted by Crippen LogP contribution is -2.40. The number of carbonyl (C=O) groups excluding carboxylic acids is 1. The van der Waals surface area contributed by atoms with Gasteiger partial charge in [0.2, 0.25) is 0 Å². The van der Waals surface area contributed by atoms with Crippen LogP contribution in [-0.2, 0) is 0 Å². The summed E-state index contributed by atoms with van der Waals surface area (Å²) in [6, 6.07) is 5.94. The molecule has 2 rings (SSSR count). The zero-order valence-electron chi connectivity index (χ0n) is 11.1. The Labute approximate surface area is 108 Å². The molecular formula is C15H20FNO. The summed E-state index contributed by atoms with van der Waals surface area (Å²) in [7, 11) is 0. The van der Waals surface area contributed by atoms with Gasteiger partial charge in [0.15, 0.2) is 5.78 Å². The van der Waals surface area contributed by atoms with Crippen LogP contribution in [0.4, 0.5) is 4.39 Å². The first kappa shape index (κ1) is 13.2. The number of hydrogen-bond donors (Lipinski definition) is 0. The Kier molecular flexibility index (Phi) is 3.81. The molecule has 0 amide bonds. The highest BCUT2D eigenvalue weighted by atomic mass is 19.1. The van der Waals surface area contributed by atoms with Crippen molar-refractivity contribution < 1.29 is 9.18 Å². The molecule has 1 fully saturated rings. The van der Waals surface area contributed by atoms with Gasteiger partial charge in [-0.05, 0) is 43.5 Å². The van der Waals surface area contributed by atoms with Crippen LogP contribution in [0.3, 0.4) is 0 Å². The number of nitrogens with zero attached hydrogens (tertiary/aromatic N) is 1. The first-order chi connectivity index (χ1) is 8.46. The number of piperidine rings is 1. The van der Waals surface area contributed by atoms with E-state index in [1.165, 1.54) is 12.1 Å². The van der Waals surface area contributed by atoms with Crippen molar-refractivity contribution >= 4 is 5.78 Å². The fraction of sp³-hybridized carbons (Fsp3) is 0.533. The summed E-state index contributed by atoms with van der Waals surface area (Å²) in [5, 5.41) is 0. The van der Waals surface area contributed by atoms with Gasteiger partial charge in [0, 0.05) is 5.56 Å². The van der Waals surface area contributed by atoms with Crippen LogP contribution in [0.1, 0.15) is 37.0 Å². The largest absolute Gasteiger partial charge is 0.296 e. The molecule has 1 aliphatic heterocycles. The van der Waals surface area contributed by atoms with Crippen molar-refractivity contribution in [1.29, 1.82) is 0 Å². The van der Waals surface area contributed by atoms with Gasteiger partial charge < -0.3 is 0 Å². The van der Waals surface area contributed by atoms with E-state index in [-0.39, 0.29) is 11.6 Å². The van der Waals surface area contributed by atoms with Crippen LogP contribution >= 0.6 is 0 Å². The van der Waals surface area contributed by atoms with Crippen molar-refractivity contribution in [1.82, 2.24) is 4.90 Å². The second-order valence-corrected chi connectivity index (χ2v) is 5.87. The van der Waals surface area contributed by atoms with Crippen molar-refractivity contribution in [2.75, 3.05) is 19.6 Å². The van der Waals surface area contributed by atoms with Gasteiger partial charge in [-0.25, -0.2) is 4.39 Å². The Bertz CT molecular complexity index is 432. The fourth-order valence-corrected chi connectivity index (χ4v) is 2.27. The number of Topliss-reactive ketones (excluding diaryl/α,β-unsaturated/α-hetero) is 1. The van der Waals surface area contributed by atoms with E-state index in [4.69, 9.17) is 0 Å². The first-order valence-electron chi connectivity index (χ1n) is 6.47. The number of rotatable bonds is 3. The van der Waals surface area contributed by atoms with Crippen molar-refractivity contribution in [3.63, 3.8) is 0 Å². The van der Waals surface area contributed by atoms with Crippen LogP contribution in [-0.4, -0.2) is 30.3 Å². The summed E-state index contributed by atoms with van der Waals surface area (Å²) in [6.45, 7) is 6.83. The van der Waals surface area contributed by atoms with Gasteiger partial charge in [0.1, 0.15) is 5.82 Å². The molecule has 0 bridgehead atoms. The lowest BCUT2D eigenvalue weighted by atomic mass is 9.82. The van der Waals surface area contributed by atoms with Gasteiger partial charge >= 0.3 is 0 Å². The van der Waals surface area contributed by atoms with E-state index in [1.54, 1.807) is 12.1 Å². The zero-order chi connectivity index (χ0) is 13.2. The third-order valence-electron chi connectivity index (χ3n) is 3.72. The lowest BCUT2D eigenvalue weighted by Gasteiger charge is -2.36. The summed E-state index contributed by atoms with van der Waals surface area (Å²) in [5.74, 6) is -0.338. The van der Waals surface area contributed by atoms with Gasteiger partial charge in [-0.3, -0.25) is 9.69 Å². The number of carbonyl (C=O) groups is 1. The first-order valence-corrected chi connectivity index (χ1v) is 6.47. The summed E-state index contributed by atoms with van der Waals surface area (Å²) in [4.78, 5) is 14.2. The van der Waals surface area contributed by atoms with E-state index < -0.39 is 0 Å². The molecule has 0 aromatic heterocycles. The minimum atomic E-state index is -0.347. The number of hydrogen-bond acceptors (Lipinski definition) is 2. The second kappa shape index (κ2) is 5.19. The molecule has 3 heteroatoms. The number of benzene rings is 1. The molecule has 1 saturated heterocycles. The number of likely N-dealkylation sites (tertiary alicyclic amines) is 1. The minimum Gasteiger partial charge on any atom is -0.296 e. The Morgan fingerprint density at radius 3 is 2.61 bits per heavy atom. The highest BCUT2D eigenvalue weighted by molar-refractivity contribution is 5.97. The SMILES string of the molecule is CC1(C)CCN(CC(=O)c2cccc(F)c2)CC1. The van der Waals surface area contributed by atoms with E-state index in [0.29, 0.717) is 17.5 Å². The van der Waals surface area contributed by atoms with Crippen LogP contribution in [0.25, 0.3) is 0 Å². The Hall–Kier alpha value is -1.22. The van der Waals surface area contributed by atoms with Crippen LogP contribution in [0.15, 0.2) is 24.3 Å². The van der Waals surface area contributed by atoms with Gasteiger partial charge in [-0.1, -0.05) is 26.0 Å². The maximum absolute atomic E-state index is 13.0. The second-order valence-electron chi connectivity index (χ2n) is 5.87. The van der Waals surface area contributed by atoms with Crippen LogP contribution in [0, 0.1) is 11.2 Å². The van der Waals surface area contributed by atoms with Gasteiger partial charge in [-0.2, -0.15) is 0 Å². The third kappa shape index (κ3) is 3.39. The van der Waals surface area contributed by atoms with Gasteiger partial charge in [0.25, 0.3) is 0 Å². The topological polar surface area (TPSA) is 20.3 Å². The molecule has 18 heavy (non-hydrogen) atoms. The maximum Gasteiger partial charge on any atom is 0.176 e. The van der Waals surface area contributed by atoms with E-state index >= 15 is 0 Å². The highest BCUT2D eigenvalue weighted by Crippen LogP contribution is 2.29. The predicted octanol–water partition coefficient (Wildman–Crippen LogP) is 3.13. The molecule has 1 heterocycles. The van der Waals surface area contributed by atoms with E-state index in [9.17, 15) is 9.18 Å². The summed E-state index contributed by atoms with van der Waals surface area (Å²) in [5.41, 5.74) is 0.859. The molecule has 1 aromatic carbocycles. The molecule has 0 N–H and O–H groups in total. The molecule has 2 nitrogen and oxygen atoms in total.